The third-order valence-electron chi connectivity index (χ3n) is 3.50. The molecule has 3 heteroatoms. The topological polar surface area (TPSA) is 29.5 Å². The van der Waals surface area contributed by atoms with Crippen molar-refractivity contribution in [1.29, 1.82) is 0 Å². The molecule has 0 radical (unpaired) electrons. The largest absolute Gasteiger partial charge is 0.392 e. The van der Waals surface area contributed by atoms with E-state index >= 15 is 0 Å². The third-order valence-corrected chi connectivity index (χ3v) is 3.50. The smallest absolute Gasteiger partial charge is 0.123 e. The lowest BCUT2D eigenvalue weighted by atomic mass is 9.92. The summed E-state index contributed by atoms with van der Waals surface area (Å²) in [7, 11) is 0. The van der Waals surface area contributed by atoms with E-state index in [4.69, 9.17) is 4.74 Å². The average Bonchev–Trinajstić information content (AvgIpc) is 2.47. The summed E-state index contributed by atoms with van der Waals surface area (Å²) >= 11 is 0. The first-order chi connectivity index (χ1) is 9.28. The Morgan fingerprint density at radius 3 is 2.68 bits per heavy atom. The Labute approximate surface area is 111 Å². The van der Waals surface area contributed by atoms with Crippen LogP contribution in [0.4, 0.5) is 4.39 Å². The number of aliphatic hydroxyl groups is 1. The third kappa shape index (κ3) is 2.39. The van der Waals surface area contributed by atoms with Crippen LogP contribution in [0, 0.1) is 5.82 Å². The van der Waals surface area contributed by atoms with E-state index in [0.29, 0.717) is 6.61 Å². The lowest BCUT2D eigenvalue weighted by Gasteiger charge is -2.27. The van der Waals surface area contributed by atoms with Crippen molar-refractivity contribution in [2.75, 3.05) is 6.61 Å². The van der Waals surface area contributed by atoms with Crippen molar-refractivity contribution in [3.63, 3.8) is 0 Å². The second-order valence-corrected chi connectivity index (χ2v) is 4.74. The fraction of sp³-hybridized carbons (Fsp3) is 0.250. The fourth-order valence-electron chi connectivity index (χ4n) is 2.52. The zero-order chi connectivity index (χ0) is 13.2. The molecule has 1 aliphatic heterocycles. The van der Waals surface area contributed by atoms with Gasteiger partial charge in [-0.05, 0) is 40.8 Å². The number of rotatable bonds is 2. The Hall–Kier alpha value is -1.71. The molecule has 0 fully saturated rings. The molecule has 0 spiro atoms. The summed E-state index contributed by atoms with van der Waals surface area (Å²) in [5, 5.41) is 9.18. The van der Waals surface area contributed by atoms with Crippen LogP contribution in [0.25, 0.3) is 0 Å². The highest BCUT2D eigenvalue weighted by Gasteiger charge is 2.22. The Kier molecular flexibility index (Phi) is 3.32. The van der Waals surface area contributed by atoms with Crippen molar-refractivity contribution in [2.45, 2.75) is 19.1 Å². The van der Waals surface area contributed by atoms with Gasteiger partial charge in [-0.1, -0.05) is 30.3 Å². The number of fused-ring (bicyclic) bond motifs is 1. The molecule has 0 aliphatic carbocycles. The van der Waals surface area contributed by atoms with Gasteiger partial charge < -0.3 is 9.84 Å². The summed E-state index contributed by atoms with van der Waals surface area (Å²) in [4.78, 5) is 0. The van der Waals surface area contributed by atoms with Gasteiger partial charge in [0.25, 0.3) is 0 Å². The van der Waals surface area contributed by atoms with Crippen LogP contribution in [-0.4, -0.2) is 11.7 Å². The normalized spacial score (nSPS) is 18.1. The highest BCUT2D eigenvalue weighted by molar-refractivity contribution is 5.40. The van der Waals surface area contributed by atoms with Crippen LogP contribution in [-0.2, 0) is 17.8 Å². The Morgan fingerprint density at radius 2 is 1.95 bits per heavy atom. The van der Waals surface area contributed by atoms with Gasteiger partial charge in [-0.2, -0.15) is 0 Å². The van der Waals surface area contributed by atoms with E-state index in [1.165, 1.54) is 17.7 Å². The zero-order valence-corrected chi connectivity index (χ0v) is 10.5. The Bertz CT molecular complexity index is 578. The molecule has 2 aromatic rings. The molecular formula is C16H15FO2. The molecule has 1 unspecified atom stereocenters. The monoisotopic (exact) mass is 258 g/mol. The second-order valence-electron chi connectivity index (χ2n) is 4.74. The van der Waals surface area contributed by atoms with E-state index in [2.05, 4.69) is 0 Å². The van der Waals surface area contributed by atoms with Crippen LogP contribution in [0.1, 0.15) is 28.4 Å². The van der Waals surface area contributed by atoms with E-state index < -0.39 is 0 Å². The van der Waals surface area contributed by atoms with Crippen molar-refractivity contribution in [3.8, 4) is 0 Å². The SMILES string of the molecule is OCc1ccc2c(c1)CCOC2c1ccc(F)cc1. The minimum Gasteiger partial charge on any atom is -0.392 e. The minimum atomic E-state index is -0.240. The molecule has 0 saturated carbocycles. The van der Waals surface area contributed by atoms with Crippen molar-refractivity contribution in [3.05, 3.63) is 70.5 Å². The lowest BCUT2D eigenvalue weighted by Crippen LogP contribution is -2.17. The molecule has 0 amide bonds. The highest BCUT2D eigenvalue weighted by atomic mass is 19.1. The minimum absolute atomic E-state index is 0.0509. The number of hydrogen-bond acceptors (Lipinski definition) is 2. The van der Waals surface area contributed by atoms with E-state index in [9.17, 15) is 9.50 Å². The first-order valence-electron chi connectivity index (χ1n) is 6.37. The van der Waals surface area contributed by atoms with E-state index in [0.717, 1.165) is 23.1 Å². The summed E-state index contributed by atoms with van der Waals surface area (Å²) in [6.07, 6.45) is 0.707. The maximum atomic E-state index is 13.0. The molecule has 3 rings (SSSR count). The molecule has 0 saturated heterocycles. The highest BCUT2D eigenvalue weighted by Crippen LogP contribution is 2.33. The second kappa shape index (κ2) is 5.11. The molecule has 1 N–H and O–H groups in total. The van der Waals surface area contributed by atoms with Crippen LogP contribution in [0.3, 0.4) is 0 Å². The van der Waals surface area contributed by atoms with Gasteiger partial charge in [0.05, 0.1) is 13.2 Å². The van der Waals surface area contributed by atoms with Crippen molar-refractivity contribution >= 4 is 0 Å². The quantitative estimate of drug-likeness (QED) is 0.897. The summed E-state index contributed by atoms with van der Waals surface area (Å²) in [5.41, 5.74) is 4.18. The molecule has 1 aliphatic rings. The number of aliphatic hydroxyl groups excluding tert-OH is 1. The summed E-state index contributed by atoms with van der Waals surface area (Å²) in [5.74, 6) is -0.240. The number of benzene rings is 2. The summed E-state index contributed by atoms with van der Waals surface area (Å²) in [6.45, 7) is 0.694. The van der Waals surface area contributed by atoms with Crippen molar-refractivity contribution in [1.82, 2.24) is 0 Å². The number of halogens is 1. The molecule has 1 heterocycles. The fourth-order valence-corrected chi connectivity index (χ4v) is 2.52. The van der Waals surface area contributed by atoms with Gasteiger partial charge in [0.1, 0.15) is 11.9 Å². The lowest BCUT2D eigenvalue weighted by molar-refractivity contribution is 0.0697. The Balaban J connectivity index is 2.00. The molecule has 2 nitrogen and oxygen atoms in total. The van der Waals surface area contributed by atoms with Gasteiger partial charge >= 0.3 is 0 Å². The van der Waals surface area contributed by atoms with Gasteiger partial charge in [0, 0.05) is 0 Å². The molecule has 19 heavy (non-hydrogen) atoms. The van der Waals surface area contributed by atoms with Gasteiger partial charge in [0.2, 0.25) is 0 Å². The first kappa shape index (κ1) is 12.3. The van der Waals surface area contributed by atoms with Crippen LogP contribution >= 0.6 is 0 Å². The van der Waals surface area contributed by atoms with Crippen molar-refractivity contribution < 1.29 is 14.2 Å². The van der Waals surface area contributed by atoms with E-state index in [1.54, 1.807) is 12.1 Å². The van der Waals surface area contributed by atoms with Gasteiger partial charge in [-0.3, -0.25) is 0 Å². The van der Waals surface area contributed by atoms with Gasteiger partial charge in [0.15, 0.2) is 0 Å². The predicted octanol–water partition coefficient (Wildman–Crippen LogP) is 2.98. The summed E-state index contributed by atoms with van der Waals surface area (Å²) < 4.78 is 18.8. The molecule has 2 aromatic carbocycles. The molecule has 0 aromatic heterocycles. The van der Waals surface area contributed by atoms with E-state index in [-0.39, 0.29) is 18.5 Å². The maximum Gasteiger partial charge on any atom is 0.123 e. The van der Waals surface area contributed by atoms with Gasteiger partial charge in [-0.15, -0.1) is 0 Å². The van der Waals surface area contributed by atoms with E-state index in [1.807, 2.05) is 18.2 Å². The standard InChI is InChI=1S/C16H15FO2/c17-14-4-2-12(3-5-14)16-15-6-1-11(10-18)9-13(15)7-8-19-16/h1-6,9,16,18H,7-8,10H2. The molecular weight excluding hydrogens is 243 g/mol. The van der Waals surface area contributed by atoms with Crippen LogP contribution in [0.5, 0.6) is 0 Å². The maximum absolute atomic E-state index is 13.0. The van der Waals surface area contributed by atoms with Crippen molar-refractivity contribution in [2.24, 2.45) is 0 Å². The average molecular weight is 258 g/mol. The molecule has 98 valence electrons. The van der Waals surface area contributed by atoms with Crippen LogP contribution < -0.4 is 0 Å². The van der Waals surface area contributed by atoms with Crippen LogP contribution in [0.2, 0.25) is 0 Å². The summed E-state index contributed by atoms with van der Waals surface area (Å²) in [6, 6.07) is 12.3. The first-order valence-corrected chi connectivity index (χ1v) is 6.37. The molecule has 0 bridgehead atoms. The Morgan fingerprint density at radius 1 is 1.16 bits per heavy atom. The predicted molar refractivity (Wildman–Crippen MR) is 70.3 cm³/mol. The number of ether oxygens (including phenoxy) is 1. The van der Waals surface area contributed by atoms with Crippen LogP contribution in [0.15, 0.2) is 42.5 Å². The number of hydrogen-bond donors (Lipinski definition) is 1. The zero-order valence-electron chi connectivity index (χ0n) is 10.5. The van der Waals surface area contributed by atoms with Gasteiger partial charge in [-0.25, -0.2) is 4.39 Å². The molecule has 1 atom stereocenters.